The van der Waals surface area contributed by atoms with Crippen LogP contribution in [0.2, 0.25) is 0 Å². The summed E-state index contributed by atoms with van der Waals surface area (Å²) in [5, 5.41) is 9.39. The Labute approximate surface area is 88.9 Å². The van der Waals surface area contributed by atoms with Gasteiger partial charge in [0.05, 0.1) is 6.10 Å². The van der Waals surface area contributed by atoms with E-state index in [0.717, 1.165) is 31.6 Å². The molecule has 5 nitrogen and oxygen atoms in total. The third-order valence-corrected chi connectivity index (χ3v) is 2.63. The molecule has 1 atom stereocenters. The highest BCUT2D eigenvalue weighted by Crippen LogP contribution is 2.14. The van der Waals surface area contributed by atoms with Gasteiger partial charge in [0.25, 0.3) is 0 Å². The lowest BCUT2D eigenvalue weighted by Gasteiger charge is -2.14. The number of nitrogen functional groups attached to an aromatic ring is 1. The zero-order chi connectivity index (χ0) is 10.7. The molecule has 1 aliphatic heterocycles. The number of pyridine rings is 1. The standard InChI is InChI=1S/C10H16N4O/c11-13-10-5-8(1-3-12-10)6-14-4-2-9(15)7-14/h1,3,5,9,15H,2,4,6-7,11H2,(H,12,13). The van der Waals surface area contributed by atoms with Gasteiger partial charge in [-0.2, -0.15) is 0 Å². The smallest absolute Gasteiger partial charge is 0.140 e. The Morgan fingerprint density at radius 3 is 3.20 bits per heavy atom. The fourth-order valence-corrected chi connectivity index (χ4v) is 1.87. The maximum Gasteiger partial charge on any atom is 0.140 e. The molecule has 0 aromatic carbocycles. The molecule has 1 aromatic heterocycles. The Morgan fingerprint density at radius 1 is 1.67 bits per heavy atom. The maximum atomic E-state index is 9.39. The normalized spacial score (nSPS) is 21.9. The van der Waals surface area contributed by atoms with Gasteiger partial charge in [-0.1, -0.05) is 0 Å². The van der Waals surface area contributed by atoms with Crippen molar-refractivity contribution in [3.05, 3.63) is 23.9 Å². The molecule has 1 unspecified atom stereocenters. The van der Waals surface area contributed by atoms with Gasteiger partial charge in [-0.3, -0.25) is 4.90 Å². The van der Waals surface area contributed by atoms with Crippen molar-refractivity contribution < 1.29 is 5.11 Å². The van der Waals surface area contributed by atoms with Crippen molar-refractivity contribution in [1.29, 1.82) is 0 Å². The predicted molar refractivity (Wildman–Crippen MR) is 57.9 cm³/mol. The second-order valence-corrected chi connectivity index (χ2v) is 3.87. The van der Waals surface area contributed by atoms with E-state index < -0.39 is 0 Å². The topological polar surface area (TPSA) is 74.4 Å². The zero-order valence-corrected chi connectivity index (χ0v) is 8.56. The predicted octanol–water partition coefficient (Wildman–Crippen LogP) is -0.0662. The maximum absolute atomic E-state index is 9.39. The Kier molecular flexibility index (Phi) is 3.15. The number of likely N-dealkylation sites (tertiary alicyclic amines) is 1. The molecule has 15 heavy (non-hydrogen) atoms. The molecule has 0 aliphatic carbocycles. The van der Waals surface area contributed by atoms with E-state index in [0.29, 0.717) is 5.82 Å². The van der Waals surface area contributed by atoms with Crippen LogP contribution in [0.25, 0.3) is 0 Å². The third kappa shape index (κ3) is 2.65. The highest BCUT2D eigenvalue weighted by Gasteiger charge is 2.19. The lowest BCUT2D eigenvalue weighted by Crippen LogP contribution is -2.21. The molecule has 1 aromatic rings. The molecule has 4 N–H and O–H groups in total. The first kappa shape index (κ1) is 10.4. The van der Waals surface area contributed by atoms with E-state index in [-0.39, 0.29) is 6.10 Å². The first-order chi connectivity index (χ1) is 7.28. The molecule has 0 bridgehead atoms. The lowest BCUT2D eigenvalue weighted by atomic mass is 10.2. The summed E-state index contributed by atoms with van der Waals surface area (Å²) in [6.07, 6.45) is 2.43. The SMILES string of the molecule is NNc1cc(CN2CCC(O)C2)ccn1. The average molecular weight is 208 g/mol. The van der Waals surface area contributed by atoms with Crippen molar-refractivity contribution in [2.75, 3.05) is 18.5 Å². The van der Waals surface area contributed by atoms with E-state index in [9.17, 15) is 5.11 Å². The van der Waals surface area contributed by atoms with Crippen LogP contribution in [0.3, 0.4) is 0 Å². The summed E-state index contributed by atoms with van der Waals surface area (Å²) in [4.78, 5) is 6.27. The van der Waals surface area contributed by atoms with Crippen molar-refractivity contribution in [3.8, 4) is 0 Å². The summed E-state index contributed by atoms with van der Waals surface area (Å²) in [6, 6.07) is 3.89. The van der Waals surface area contributed by atoms with E-state index in [1.807, 2.05) is 12.1 Å². The molecular weight excluding hydrogens is 192 g/mol. The minimum absolute atomic E-state index is 0.168. The van der Waals surface area contributed by atoms with Gasteiger partial charge >= 0.3 is 0 Å². The number of rotatable bonds is 3. The van der Waals surface area contributed by atoms with Crippen LogP contribution in [0.5, 0.6) is 0 Å². The minimum Gasteiger partial charge on any atom is -0.392 e. The number of hydrogen-bond donors (Lipinski definition) is 3. The number of hydrogen-bond acceptors (Lipinski definition) is 5. The van der Waals surface area contributed by atoms with Crippen LogP contribution in [-0.4, -0.2) is 34.2 Å². The van der Waals surface area contributed by atoms with Crippen LogP contribution in [0.1, 0.15) is 12.0 Å². The van der Waals surface area contributed by atoms with E-state index in [1.165, 1.54) is 0 Å². The van der Waals surface area contributed by atoms with Crippen molar-refractivity contribution in [1.82, 2.24) is 9.88 Å². The molecular formula is C10H16N4O. The van der Waals surface area contributed by atoms with Crippen molar-refractivity contribution in [3.63, 3.8) is 0 Å². The second kappa shape index (κ2) is 4.57. The van der Waals surface area contributed by atoms with Crippen LogP contribution >= 0.6 is 0 Å². The van der Waals surface area contributed by atoms with Crippen molar-refractivity contribution in [2.24, 2.45) is 5.84 Å². The van der Waals surface area contributed by atoms with E-state index in [1.54, 1.807) is 6.20 Å². The Hall–Kier alpha value is -1.17. The van der Waals surface area contributed by atoms with E-state index in [2.05, 4.69) is 15.3 Å². The number of nitrogens with two attached hydrogens (primary N) is 1. The number of β-amino-alcohol motifs (C(OH)–C–C–N with tert-alkyl or cyclic N) is 1. The number of nitrogens with one attached hydrogen (secondary N) is 1. The molecule has 0 spiro atoms. The van der Waals surface area contributed by atoms with Crippen LogP contribution in [0.15, 0.2) is 18.3 Å². The summed E-state index contributed by atoms with van der Waals surface area (Å²) in [5.41, 5.74) is 3.68. The van der Waals surface area contributed by atoms with Crippen LogP contribution in [0.4, 0.5) is 5.82 Å². The molecule has 5 heteroatoms. The van der Waals surface area contributed by atoms with Crippen LogP contribution < -0.4 is 11.3 Å². The summed E-state index contributed by atoms with van der Waals surface area (Å²) >= 11 is 0. The Morgan fingerprint density at radius 2 is 2.53 bits per heavy atom. The van der Waals surface area contributed by atoms with Gasteiger partial charge < -0.3 is 10.5 Å². The first-order valence-corrected chi connectivity index (χ1v) is 5.10. The third-order valence-electron chi connectivity index (χ3n) is 2.63. The monoisotopic (exact) mass is 208 g/mol. The summed E-state index contributed by atoms with van der Waals surface area (Å²) in [6.45, 7) is 2.55. The van der Waals surface area contributed by atoms with Crippen LogP contribution in [0, 0.1) is 0 Å². The minimum atomic E-state index is -0.168. The fourth-order valence-electron chi connectivity index (χ4n) is 1.87. The molecule has 0 saturated carbocycles. The van der Waals surface area contributed by atoms with Gasteiger partial charge in [-0.25, -0.2) is 10.8 Å². The Balaban J connectivity index is 1.98. The summed E-state index contributed by atoms with van der Waals surface area (Å²) in [5.74, 6) is 5.96. The highest BCUT2D eigenvalue weighted by atomic mass is 16.3. The number of aromatic nitrogens is 1. The van der Waals surface area contributed by atoms with Gasteiger partial charge in [-0.05, 0) is 24.1 Å². The Bertz CT molecular complexity index is 331. The van der Waals surface area contributed by atoms with Gasteiger partial charge in [0.1, 0.15) is 5.82 Å². The molecule has 1 aliphatic rings. The van der Waals surface area contributed by atoms with E-state index in [4.69, 9.17) is 5.84 Å². The number of aliphatic hydroxyl groups is 1. The average Bonchev–Trinajstić information content (AvgIpc) is 2.64. The summed E-state index contributed by atoms with van der Waals surface area (Å²) in [7, 11) is 0. The molecule has 0 radical (unpaired) electrons. The van der Waals surface area contributed by atoms with Gasteiger partial charge in [0.2, 0.25) is 0 Å². The van der Waals surface area contributed by atoms with Crippen LogP contribution in [-0.2, 0) is 6.54 Å². The number of aliphatic hydroxyl groups excluding tert-OH is 1. The first-order valence-electron chi connectivity index (χ1n) is 5.10. The van der Waals surface area contributed by atoms with Crippen molar-refractivity contribution >= 4 is 5.82 Å². The quantitative estimate of drug-likeness (QED) is 0.479. The molecule has 2 heterocycles. The zero-order valence-electron chi connectivity index (χ0n) is 8.56. The van der Waals surface area contributed by atoms with Crippen molar-refractivity contribution in [2.45, 2.75) is 19.1 Å². The second-order valence-electron chi connectivity index (χ2n) is 3.87. The fraction of sp³-hybridized carbons (Fsp3) is 0.500. The van der Waals surface area contributed by atoms with Gasteiger partial charge in [0.15, 0.2) is 0 Å². The largest absolute Gasteiger partial charge is 0.392 e. The van der Waals surface area contributed by atoms with Gasteiger partial charge in [0, 0.05) is 25.8 Å². The number of nitrogens with zero attached hydrogens (tertiary/aromatic N) is 2. The van der Waals surface area contributed by atoms with E-state index >= 15 is 0 Å². The van der Waals surface area contributed by atoms with Gasteiger partial charge in [-0.15, -0.1) is 0 Å². The number of hydrazine groups is 1. The molecule has 82 valence electrons. The molecule has 2 rings (SSSR count). The highest BCUT2D eigenvalue weighted by molar-refractivity contribution is 5.35. The lowest BCUT2D eigenvalue weighted by molar-refractivity contribution is 0.175. The molecule has 0 amide bonds. The molecule has 1 saturated heterocycles. The number of anilines is 1. The molecule has 1 fully saturated rings. The summed E-state index contributed by atoms with van der Waals surface area (Å²) < 4.78 is 0.